The third kappa shape index (κ3) is 3.00. The molecule has 4 heteroatoms. The van der Waals surface area contributed by atoms with Gasteiger partial charge in [-0.3, -0.25) is 0 Å². The fourth-order valence-electron chi connectivity index (χ4n) is 3.19. The van der Waals surface area contributed by atoms with Gasteiger partial charge < -0.3 is 14.8 Å². The van der Waals surface area contributed by atoms with Gasteiger partial charge in [0.25, 0.3) is 0 Å². The summed E-state index contributed by atoms with van der Waals surface area (Å²) in [4.78, 5) is 10.9. The molecule has 1 fully saturated rings. The lowest BCUT2D eigenvalue weighted by atomic mass is 9.93. The molecule has 4 nitrogen and oxygen atoms in total. The van der Waals surface area contributed by atoms with Crippen LogP contribution in [0.4, 0.5) is 0 Å². The Balaban J connectivity index is 1.93. The van der Waals surface area contributed by atoms with E-state index in [9.17, 15) is 4.79 Å². The molecule has 0 spiro atoms. The Bertz CT molecular complexity index is 452. The smallest absolute Gasteiger partial charge is 0.339 e. The second-order valence-corrected chi connectivity index (χ2v) is 5.58. The molecule has 19 heavy (non-hydrogen) atoms. The van der Waals surface area contributed by atoms with Gasteiger partial charge >= 0.3 is 5.97 Å². The second kappa shape index (κ2) is 5.78. The van der Waals surface area contributed by atoms with Crippen molar-refractivity contribution in [1.29, 1.82) is 0 Å². The SMILES string of the molecule is CCC1CCC(NCc2cc(C(=O)O)c(C)o2)C1C. The monoisotopic (exact) mass is 265 g/mol. The number of aromatic carboxylic acids is 1. The number of carbonyl (C=O) groups is 1. The molecule has 2 rings (SSSR count). The van der Waals surface area contributed by atoms with Crippen LogP contribution in [0.2, 0.25) is 0 Å². The molecule has 0 aliphatic heterocycles. The molecule has 1 aromatic rings. The molecule has 1 saturated carbocycles. The van der Waals surface area contributed by atoms with Gasteiger partial charge in [-0.2, -0.15) is 0 Å². The largest absolute Gasteiger partial charge is 0.478 e. The molecule has 0 amide bonds. The minimum absolute atomic E-state index is 0.266. The molecule has 2 N–H and O–H groups in total. The van der Waals surface area contributed by atoms with Gasteiger partial charge in [-0.25, -0.2) is 4.79 Å². The molecule has 3 unspecified atom stereocenters. The Hall–Kier alpha value is -1.29. The summed E-state index contributed by atoms with van der Waals surface area (Å²) in [5.74, 6) is 1.76. The molecule has 1 heterocycles. The van der Waals surface area contributed by atoms with Crippen molar-refractivity contribution in [2.45, 2.75) is 52.6 Å². The number of nitrogens with one attached hydrogen (secondary N) is 1. The van der Waals surface area contributed by atoms with Crippen molar-refractivity contribution in [1.82, 2.24) is 5.32 Å². The predicted octanol–water partition coefficient (Wildman–Crippen LogP) is 3.20. The van der Waals surface area contributed by atoms with Gasteiger partial charge in [0.15, 0.2) is 0 Å². The summed E-state index contributed by atoms with van der Waals surface area (Å²) in [7, 11) is 0. The number of rotatable bonds is 5. The predicted molar refractivity (Wildman–Crippen MR) is 73.2 cm³/mol. The molecule has 1 aliphatic rings. The van der Waals surface area contributed by atoms with Crippen molar-refractivity contribution in [2.24, 2.45) is 11.8 Å². The van der Waals surface area contributed by atoms with E-state index in [1.165, 1.54) is 19.3 Å². The molecule has 0 radical (unpaired) electrons. The fourth-order valence-corrected chi connectivity index (χ4v) is 3.19. The van der Waals surface area contributed by atoms with Gasteiger partial charge in [0.2, 0.25) is 0 Å². The summed E-state index contributed by atoms with van der Waals surface area (Å²) < 4.78 is 5.48. The van der Waals surface area contributed by atoms with Crippen molar-refractivity contribution in [2.75, 3.05) is 0 Å². The van der Waals surface area contributed by atoms with E-state index in [1.54, 1.807) is 13.0 Å². The van der Waals surface area contributed by atoms with E-state index in [2.05, 4.69) is 19.2 Å². The standard InChI is InChI=1S/C15H23NO3/c1-4-11-5-6-14(9(11)2)16-8-12-7-13(15(17)18)10(3)19-12/h7,9,11,14,16H,4-6,8H2,1-3H3,(H,17,18). The van der Waals surface area contributed by atoms with E-state index in [-0.39, 0.29) is 5.56 Å². The third-order valence-corrected chi connectivity index (χ3v) is 4.49. The van der Waals surface area contributed by atoms with E-state index in [0.717, 1.165) is 5.92 Å². The van der Waals surface area contributed by atoms with Gasteiger partial charge in [0, 0.05) is 6.04 Å². The van der Waals surface area contributed by atoms with Crippen molar-refractivity contribution < 1.29 is 14.3 Å². The first kappa shape index (κ1) is 14.1. The van der Waals surface area contributed by atoms with Crippen LogP contribution in [0.25, 0.3) is 0 Å². The van der Waals surface area contributed by atoms with Crippen molar-refractivity contribution in [3.8, 4) is 0 Å². The number of carboxylic acid groups (broad SMARTS) is 1. The molecule has 1 aliphatic carbocycles. The van der Waals surface area contributed by atoms with Gasteiger partial charge in [0.05, 0.1) is 6.54 Å². The zero-order chi connectivity index (χ0) is 14.0. The number of hydrogen-bond acceptors (Lipinski definition) is 3. The maximum absolute atomic E-state index is 10.9. The first-order valence-corrected chi connectivity index (χ1v) is 7.08. The molecule has 0 bridgehead atoms. The zero-order valence-electron chi connectivity index (χ0n) is 11.9. The number of furan rings is 1. The second-order valence-electron chi connectivity index (χ2n) is 5.58. The lowest BCUT2D eigenvalue weighted by Crippen LogP contribution is -2.32. The highest BCUT2D eigenvalue weighted by Crippen LogP contribution is 2.34. The number of aryl methyl sites for hydroxylation is 1. The van der Waals surface area contributed by atoms with E-state index in [4.69, 9.17) is 9.52 Å². The van der Waals surface area contributed by atoms with E-state index >= 15 is 0 Å². The highest BCUT2D eigenvalue weighted by molar-refractivity contribution is 5.88. The number of carboxylic acids is 1. The third-order valence-electron chi connectivity index (χ3n) is 4.49. The summed E-state index contributed by atoms with van der Waals surface area (Å²) in [5.41, 5.74) is 0.266. The lowest BCUT2D eigenvalue weighted by Gasteiger charge is -2.20. The minimum atomic E-state index is -0.923. The maximum Gasteiger partial charge on any atom is 0.339 e. The van der Waals surface area contributed by atoms with Crippen LogP contribution in [0.15, 0.2) is 10.5 Å². The molecule has 0 aromatic carbocycles. The van der Waals surface area contributed by atoms with Crippen LogP contribution in [-0.4, -0.2) is 17.1 Å². The summed E-state index contributed by atoms with van der Waals surface area (Å²) in [6, 6.07) is 2.14. The van der Waals surface area contributed by atoms with Crippen molar-refractivity contribution in [3.63, 3.8) is 0 Å². The quantitative estimate of drug-likeness (QED) is 0.858. The van der Waals surface area contributed by atoms with Crippen LogP contribution in [0, 0.1) is 18.8 Å². The maximum atomic E-state index is 10.9. The van der Waals surface area contributed by atoms with Crippen LogP contribution in [0.5, 0.6) is 0 Å². The van der Waals surface area contributed by atoms with Crippen LogP contribution in [0.3, 0.4) is 0 Å². The highest BCUT2D eigenvalue weighted by Gasteiger charge is 2.31. The molecule has 1 aromatic heterocycles. The summed E-state index contributed by atoms with van der Waals surface area (Å²) >= 11 is 0. The molecule has 3 atom stereocenters. The fraction of sp³-hybridized carbons (Fsp3) is 0.667. The molecule has 106 valence electrons. The van der Waals surface area contributed by atoms with Crippen LogP contribution in [0.1, 0.15) is 55.0 Å². The Morgan fingerprint density at radius 2 is 2.26 bits per heavy atom. The summed E-state index contributed by atoms with van der Waals surface area (Å²) in [5, 5.41) is 12.5. The Labute approximate surface area is 114 Å². The minimum Gasteiger partial charge on any atom is -0.478 e. The van der Waals surface area contributed by atoms with Gasteiger partial charge in [-0.15, -0.1) is 0 Å². The van der Waals surface area contributed by atoms with Gasteiger partial charge in [-0.05, 0) is 37.7 Å². The Kier molecular flexibility index (Phi) is 4.30. The number of hydrogen-bond donors (Lipinski definition) is 2. The first-order chi connectivity index (χ1) is 9.02. The summed E-state index contributed by atoms with van der Waals surface area (Å²) in [6.07, 6.45) is 3.72. The van der Waals surface area contributed by atoms with E-state index in [0.29, 0.717) is 30.0 Å². The van der Waals surface area contributed by atoms with Gasteiger partial charge in [0.1, 0.15) is 17.1 Å². The lowest BCUT2D eigenvalue weighted by molar-refractivity contribution is 0.0695. The molecular weight excluding hydrogens is 242 g/mol. The molecular formula is C15H23NO3. The summed E-state index contributed by atoms with van der Waals surface area (Å²) in [6.45, 7) is 6.85. The van der Waals surface area contributed by atoms with Gasteiger partial charge in [-0.1, -0.05) is 20.3 Å². The zero-order valence-corrected chi connectivity index (χ0v) is 11.9. The van der Waals surface area contributed by atoms with Crippen molar-refractivity contribution in [3.05, 3.63) is 23.2 Å². The average Bonchev–Trinajstić information content (AvgIpc) is 2.90. The highest BCUT2D eigenvalue weighted by atomic mass is 16.4. The topological polar surface area (TPSA) is 62.5 Å². The molecule has 0 saturated heterocycles. The Morgan fingerprint density at radius 3 is 2.79 bits per heavy atom. The van der Waals surface area contributed by atoms with Crippen LogP contribution in [-0.2, 0) is 6.54 Å². The Morgan fingerprint density at radius 1 is 1.53 bits per heavy atom. The van der Waals surface area contributed by atoms with Crippen LogP contribution < -0.4 is 5.32 Å². The van der Waals surface area contributed by atoms with Crippen LogP contribution >= 0.6 is 0 Å². The van der Waals surface area contributed by atoms with Crippen molar-refractivity contribution >= 4 is 5.97 Å². The normalized spacial score (nSPS) is 26.8. The van der Waals surface area contributed by atoms with E-state index < -0.39 is 5.97 Å². The van der Waals surface area contributed by atoms with E-state index in [1.807, 2.05) is 0 Å². The first-order valence-electron chi connectivity index (χ1n) is 7.08. The average molecular weight is 265 g/mol.